The van der Waals surface area contributed by atoms with Crippen molar-refractivity contribution in [2.24, 2.45) is 11.8 Å². The fraction of sp³-hybridized carbons (Fsp3) is 0.625. The van der Waals surface area contributed by atoms with E-state index in [1.165, 1.54) is 19.3 Å². The zero-order valence-corrected chi connectivity index (χ0v) is 12.1. The molecule has 0 spiro atoms. The largest absolute Gasteiger partial charge is 0.504 e. The van der Waals surface area contributed by atoms with Gasteiger partial charge in [-0.25, -0.2) is 0 Å². The van der Waals surface area contributed by atoms with Gasteiger partial charge in [0.05, 0.1) is 7.11 Å². The van der Waals surface area contributed by atoms with Gasteiger partial charge in [0, 0.05) is 12.6 Å². The average Bonchev–Trinajstić information content (AvgIpc) is 2.38. The predicted octanol–water partition coefficient (Wildman–Crippen LogP) is 3.32. The molecule has 106 valence electrons. The fourth-order valence-electron chi connectivity index (χ4n) is 3.06. The molecule has 0 heterocycles. The summed E-state index contributed by atoms with van der Waals surface area (Å²) in [6.45, 7) is 5.48. The third-order valence-electron chi connectivity index (χ3n) is 4.24. The quantitative estimate of drug-likeness (QED) is 0.875. The summed E-state index contributed by atoms with van der Waals surface area (Å²) in [4.78, 5) is 0. The summed E-state index contributed by atoms with van der Waals surface area (Å²) >= 11 is 0. The first-order chi connectivity index (χ1) is 9.10. The summed E-state index contributed by atoms with van der Waals surface area (Å²) < 4.78 is 5.05. The van der Waals surface area contributed by atoms with Crippen LogP contribution in [0.1, 0.15) is 38.7 Å². The second-order valence-electron chi connectivity index (χ2n) is 5.89. The molecule has 0 aromatic heterocycles. The molecule has 1 aromatic carbocycles. The van der Waals surface area contributed by atoms with Gasteiger partial charge in [-0.3, -0.25) is 0 Å². The van der Waals surface area contributed by atoms with Crippen LogP contribution in [0.25, 0.3) is 0 Å². The minimum absolute atomic E-state index is 0.215. The van der Waals surface area contributed by atoms with Crippen LogP contribution in [0.4, 0.5) is 0 Å². The van der Waals surface area contributed by atoms with Crippen molar-refractivity contribution in [3.63, 3.8) is 0 Å². The van der Waals surface area contributed by atoms with Gasteiger partial charge in [0.1, 0.15) is 0 Å². The van der Waals surface area contributed by atoms with Gasteiger partial charge in [-0.2, -0.15) is 0 Å². The molecule has 0 aliphatic heterocycles. The van der Waals surface area contributed by atoms with E-state index in [0.29, 0.717) is 11.8 Å². The lowest BCUT2D eigenvalue weighted by Gasteiger charge is -2.33. The maximum absolute atomic E-state index is 9.76. The predicted molar refractivity (Wildman–Crippen MR) is 77.5 cm³/mol. The van der Waals surface area contributed by atoms with Gasteiger partial charge in [0.25, 0.3) is 0 Å². The Morgan fingerprint density at radius 1 is 1.32 bits per heavy atom. The number of hydrogen-bond acceptors (Lipinski definition) is 3. The smallest absolute Gasteiger partial charge is 0.160 e. The molecule has 1 saturated carbocycles. The average molecular weight is 263 g/mol. The van der Waals surface area contributed by atoms with Crippen molar-refractivity contribution >= 4 is 0 Å². The van der Waals surface area contributed by atoms with Crippen molar-refractivity contribution < 1.29 is 9.84 Å². The van der Waals surface area contributed by atoms with Crippen LogP contribution in [-0.2, 0) is 6.54 Å². The van der Waals surface area contributed by atoms with Crippen LogP contribution >= 0.6 is 0 Å². The second-order valence-corrected chi connectivity index (χ2v) is 5.89. The summed E-state index contributed by atoms with van der Waals surface area (Å²) in [6, 6.07) is 6.20. The molecular formula is C16H25NO2. The molecule has 0 saturated heterocycles. The van der Waals surface area contributed by atoms with Crippen LogP contribution in [0.15, 0.2) is 18.2 Å². The van der Waals surface area contributed by atoms with Crippen LogP contribution in [-0.4, -0.2) is 18.3 Å². The van der Waals surface area contributed by atoms with E-state index >= 15 is 0 Å². The molecule has 3 atom stereocenters. The van der Waals surface area contributed by atoms with Crippen molar-refractivity contribution in [3.8, 4) is 11.5 Å². The van der Waals surface area contributed by atoms with E-state index in [1.807, 2.05) is 12.1 Å². The van der Waals surface area contributed by atoms with Crippen LogP contribution in [0, 0.1) is 11.8 Å². The normalized spacial score (nSPS) is 27.2. The van der Waals surface area contributed by atoms with Gasteiger partial charge in [0.2, 0.25) is 0 Å². The fourth-order valence-corrected chi connectivity index (χ4v) is 3.06. The molecule has 2 N–H and O–H groups in total. The van der Waals surface area contributed by atoms with E-state index in [0.717, 1.165) is 23.9 Å². The number of methoxy groups -OCH3 is 1. The number of rotatable bonds is 4. The SMILES string of the molecule is COc1ccc(CNC2CCC(C)CC2C)cc1O. The molecule has 3 heteroatoms. The number of nitrogens with one attached hydrogen (secondary N) is 1. The van der Waals surface area contributed by atoms with E-state index in [-0.39, 0.29) is 5.75 Å². The van der Waals surface area contributed by atoms with Crippen LogP contribution in [0.3, 0.4) is 0 Å². The second kappa shape index (κ2) is 6.29. The number of phenolic OH excluding ortho intramolecular Hbond substituents is 1. The van der Waals surface area contributed by atoms with Gasteiger partial charge in [0.15, 0.2) is 11.5 Å². The first kappa shape index (κ1) is 14.2. The van der Waals surface area contributed by atoms with Crippen LogP contribution in [0.5, 0.6) is 11.5 Å². The number of aromatic hydroxyl groups is 1. The summed E-state index contributed by atoms with van der Waals surface area (Å²) in [5.74, 6) is 2.34. The van der Waals surface area contributed by atoms with Gasteiger partial charge >= 0.3 is 0 Å². The van der Waals surface area contributed by atoms with Gasteiger partial charge in [-0.15, -0.1) is 0 Å². The molecule has 1 aliphatic rings. The molecule has 1 aromatic rings. The molecule has 2 rings (SSSR count). The first-order valence-corrected chi connectivity index (χ1v) is 7.19. The summed E-state index contributed by atoms with van der Waals surface area (Å²) in [7, 11) is 1.57. The number of hydrogen-bond donors (Lipinski definition) is 2. The Balaban J connectivity index is 1.90. The number of phenols is 1. The monoisotopic (exact) mass is 263 g/mol. The Kier molecular flexibility index (Phi) is 4.70. The van der Waals surface area contributed by atoms with Crippen molar-refractivity contribution in [2.45, 2.75) is 45.7 Å². The third-order valence-corrected chi connectivity index (χ3v) is 4.24. The van der Waals surface area contributed by atoms with E-state index < -0.39 is 0 Å². The molecule has 0 radical (unpaired) electrons. The summed E-state index contributed by atoms with van der Waals surface area (Å²) in [5.41, 5.74) is 1.10. The Morgan fingerprint density at radius 2 is 2.11 bits per heavy atom. The number of benzene rings is 1. The molecular weight excluding hydrogens is 238 g/mol. The molecule has 3 unspecified atom stereocenters. The first-order valence-electron chi connectivity index (χ1n) is 7.19. The zero-order valence-electron chi connectivity index (χ0n) is 12.1. The highest BCUT2D eigenvalue weighted by molar-refractivity contribution is 5.41. The van der Waals surface area contributed by atoms with Crippen LogP contribution in [0.2, 0.25) is 0 Å². The van der Waals surface area contributed by atoms with Crippen molar-refractivity contribution in [2.75, 3.05) is 7.11 Å². The molecule has 1 fully saturated rings. The Labute approximate surface area is 116 Å². The third kappa shape index (κ3) is 3.63. The molecule has 0 bridgehead atoms. The standard InChI is InChI=1S/C16H25NO2/c1-11-4-6-14(12(2)8-11)17-10-13-5-7-16(19-3)15(18)9-13/h5,7,9,11-12,14,17-18H,4,6,8,10H2,1-3H3. The van der Waals surface area contributed by atoms with Gasteiger partial charge < -0.3 is 15.2 Å². The van der Waals surface area contributed by atoms with Gasteiger partial charge in [-0.05, 0) is 48.8 Å². The minimum Gasteiger partial charge on any atom is -0.504 e. The Morgan fingerprint density at radius 3 is 2.74 bits per heavy atom. The van der Waals surface area contributed by atoms with Gasteiger partial charge in [-0.1, -0.05) is 19.9 Å². The van der Waals surface area contributed by atoms with E-state index in [9.17, 15) is 5.11 Å². The topological polar surface area (TPSA) is 41.5 Å². The van der Waals surface area contributed by atoms with Crippen LogP contribution < -0.4 is 10.1 Å². The van der Waals surface area contributed by atoms with Crippen molar-refractivity contribution in [1.29, 1.82) is 0 Å². The van der Waals surface area contributed by atoms with Crippen molar-refractivity contribution in [3.05, 3.63) is 23.8 Å². The summed E-state index contributed by atoms with van der Waals surface area (Å²) in [5, 5.41) is 13.4. The lowest BCUT2D eigenvalue weighted by molar-refractivity contribution is 0.227. The highest BCUT2D eigenvalue weighted by atomic mass is 16.5. The highest BCUT2D eigenvalue weighted by Gasteiger charge is 2.24. The van der Waals surface area contributed by atoms with E-state index in [4.69, 9.17) is 4.74 Å². The Hall–Kier alpha value is -1.22. The minimum atomic E-state index is 0.215. The Bertz CT molecular complexity index is 419. The zero-order chi connectivity index (χ0) is 13.8. The molecule has 1 aliphatic carbocycles. The highest BCUT2D eigenvalue weighted by Crippen LogP contribution is 2.29. The maximum atomic E-state index is 9.76. The summed E-state index contributed by atoms with van der Waals surface area (Å²) in [6.07, 6.45) is 3.88. The maximum Gasteiger partial charge on any atom is 0.160 e. The van der Waals surface area contributed by atoms with Crippen molar-refractivity contribution in [1.82, 2.24) is 5.32 Å². The lowest BCUT2D eigenvalue weighted by atomic mass is 9.80. The van der Waals surface area contributed by atoms with E-state index in [2.05, 4.69) is 19.2 Å². The molecule has 0 amide bonds. The number of ether oxygens (including phenoxy) is 1. The molecule has 3 nitrogen and oxygen atoms in total. The van der Waals surface area contributed by atoms with E-state index in [1.54, 1.807) is 13.2 Å². The lowest BCUT2D eigenvalue weighted by Crippen LogP contribution is -2.38. The molecule has 19 heavy (non-hydrogen) atoms.